The summed E-state index contributed by atoms with van der Waals surface area (Å²) in [6, 6.07) is 22.2. The number of anilines is 4. The van der Waals surface area contributed by atoms with Crippen molar-refractivity contribution >= 4 is 116 Å². The Hall–Kier alpha value is -6.72. The smallest absolute Gasteiger partial charge is 0.259 e. The summed E-state index contributed by atoms with van der Waals surface area (Å²) < 4.78 is 11.6. The lowest BCUT2D eigenvalue weighted by Crippen LogP contribution is -2.32. The maximum absolute atomic E-state index is 13.7. The number of alkyl halides is 2. The van der Waals surface area contributed by atoms with E-state index in [1.54, 1.807) is 50.2 Å². The maximum Gasteiger partial charge on any atom is 0.259 e. The molecule has 0 aliphatic carbocycles. The number of amides is 4. The Morgan fingerprint density at radius 3 is 1.35 bits per heavy atom. The van der Waals surface area contributed by atoms with Crippen LogP contribution in [0.3, 0.4) is 0 Å². The van der Waals surface area contributed by atoms with Crippen molar-refractivity contribution in [3.63, 3.8) is 0 Å². The van der Waals surface area contributed by atoms with Crippen LogP contribution in [0.5, 0.6) is 11.5 Å². The van der Waals surface area contributed by atoms with Gasteiger partial charge in [-0.2, -0.15) is 20.5 Å². The van der Waals surface area contributed by atoms with Gasteiger partial charge in [0.05, 0.1) is 34.4 Å². The van der Waals surface area contributed by atoms with Crippen LogP contribution in [0.1, 0.15) is 59.5 Å². The van der Waals surface area contributed by atoms with Gasteiger partial charge in [-0.1, -0.05) is 59.6 Å². The van der Waals surface area contributed by atoms with Gasteiger partial charge in [-0.05, 0) is 87.4 Å². The summed E-state index contributed by atoms with van der Waals surface area (Å²) in [6.45, 7) is 5.81. The van der Waals surface area contributed by atoms with Crippen molar-refractivity contribution in [1.29, 1.82) is 0 Å². The van der Waals surface area contributed by atoms with Crippen LogP contribution in [0.4, 0.5) is 34.1 Å². The predicted molar refractivity (Wildman–Crippen MR) is 255 cm³/mol. The van der Waals surface area contributed by atoms with Gasteiger partial charge in [-0.3, -0.25) is 28.8 Å². The number of rotatable bonds is 20. The lowest BCUT2D eigenvalue weighted by molar-refractivity contribution is -0.127. The van der Waals surface area contributed by atoms with E-state index >= 15 is 0 Å². The number of carbonyl (C=O) groups is 6. The van der Waals surface area contributed by atoms with E-state index in [1.165, 1.54) is 48.5 Å². The van der Waals surface area contributed by atoms with Crippen LogP contribution >= 0.6 is 46.4 Å². The minimum absolute atomic E-state index is 0.00814. The van der Waals surface area contributed by atoms with E-state index in [0.717, 1.165) is 25.0 Å². The fourth-order valence-corrected chi connectivity index (χ4v) is 6.84. The number of carbonyl (C=O) groups excluding carboxylic acids is 6. The molecule has 0 heterocycles. The molecule has 2 atom stereocenters. The number of hydrogen-bond donors (Lipinski definition) is 4. The zero-order valence-corrected chi connectivity index (χ0v) is 38.8. The highest BCUT2D eigenvalue weighted by atomic mass is 35.5. The van der Waals surface area contributed by atoms with Crippen LogP contribution in [0.15, 0.2) is 118 Å². The average Bonchev–Trinajstić information content (AvgIpc) is 3.28. The Balaban J connectivity index is 1.34. The van der Waals surface area contributed by atoms with E-state index in [0.29, 0.717) is 11.4 Å². The average molecular weight is 977 g/mol. The highest BCUT2D eigenvalue weighted by Gasteiger charge is 2.29. The van der Waals surface area contributed by atoms with Crippen molar-refractivity contribution < 1.29 is 38.2 Å². The second-order valence-corrected chi connectivity index (χ2v) is 15.3. The molecule has 5 aromatic carbocycles. The Labute approximate surface area is 399 Å². The van der Waals surface area contributed by atoms with Crippen LogP contribution in [0.2, 0.25) is 10.0 Å². The third-order valence-electron chi connectivity index (χ3n) is 9.13. The Morgan fingerprint density at radius 2 is 0.955 bits per heavy atom. The second kappa shape index (κ2) is 24.0. The quantitative estimate of drug-likeness (QED) is 0.0333. The van der Waals surface area contributed by atoms with Gasteiger partial charge < -0.3 is 30.7 Å². The summed E-state index contributed by atoms with van der Waals surface area (Å²) >= 11 is 25.0. The molecule has 0 saturated carbocycles. The molecule has 0 fully saturated rings. The number of Topliss-reactive ketones (excluding diaryl/α,β-unsaturated/α-hetero) is 2. The first-order valence-electron chi connectivity index (χ1n) is 20.0. The van der Waals surface area contributed by atoms with E-state index in [9.17, 15) is 28.8 Å². The molecule has 4 amide bonds. The lowest BCUT2D eigenvalue weighted by Gasteiger charge is -2.19. The third kappa shape index (κ3) is 13.2. The molecule has 20 heteroatoms. The minimum atomic E-state index is -1.70. The molecule has 0 saturated heterocycles. The summed E-state index contributed by atoms with van der Waals surface area (Å²) in [5.74, 6) is -3.73. The monoisotopic (exact) mass is 974 g/mol. The van der Waals surface area contributed by atoms with Crippen molar-refractivity contribution in [1.82, 2.24) is 0 Å². The normalized spacial score (nSPS) is 12.0. The van der Waals surface area contributed by atoms with Crippen molar-refractivity contribution in [2.24, 2.45) is 20.5 Å². The highest BCUT2D eigenvalue weighted by Crippen LogP contribution is 2.39. The lowest BCUT2D eigenvalue weighted by atomic mass is 10.1. The van der Waals surface area contributed by atoms with E-state index in [2.05, 4.69) is 41.7 Å². The van der Waals surface area contributed by atoms with Crippen molar-refractivity contribution in [2.75, 3.05) is 34.5 Å². The number of ketones is 2. The zero-order chi connectivity index (χ0) is 47.9. The fourth-order valence-electron chi connectivity index (χ4n) is 6.01. The summed E-state index contributed by atoms with van der Waals surface area (Å²) in [5, 5.41) is 26.7. The molecule has 0 aromatic heterocycles. The molecule has 342 valence electrons. The molecule has 0 aliphatic heterocycles. The molecule has 2 unspecified atom stereocenters. The Bertz CT molecular complexity index is 2690. The molecule has 0 spiro atoms. The third-order valence-corrected chi connectivity index (χ3v) is 10.5. The minimum Gasteiger partial charge on any atom is -0.491 e. The highest BCUT2D eigenvalue weighted by molar-refractivity contribution is 6.37. The molecule has 5 rings (SSSR count). The van der Waals surface area contributed by atoms with E-state index in [1.807, 2.05) is 12.1 Å². The zero-order valence-electron chi connectivity index (χ0n) is 35.8. The predicted octanol–water partition coefficient (Wildman–Crippen LogP) is 11.1. The topological polar surface area (TPSA) is 218 Å². The molecule has 5 aromatic rings. The SMILES string of the molecule is CCOc1cc(NC(=O)C(N=Nc2cccc(C(=O)Nc3cccc(CCl)c3)c2Cl)C(C)=O)cc(OCC)c1NC(=O)C(N=Nc1cccc(C(=O)Nc2cccc(CCl)c2)c1Cl)C(C)=O. The Morgan fingerprint density at radius 1 is 0.545 bits per heavy atom. The van der Waals surface area contributed by atoms with Crippen molar-refractivity contribution in [3.05, 3.63) is 129 Å². The van der Waals surface area contributed by atoms with E-state index in [4.69, 9.17) is 55.9 Å². The first-order chi connectivity index (χ1) is 31.7. The number of azo groups is 2. The second-order valence-electron chi connectivity index (χ2n) is 14.0. The standard InChI is InChI=1S/C46H42Cl4N8O8/c1-5-65-36-21-31(53-45(63)40(25(3)59)57-55-34-17-9-15-32(38(34)49)43(61)51-29-13-7-11-27(19-29)23-47)22-37(66-6-2)42(36)54-46(64)41(26(4)60)58-56-35-18-10-16-33(39(35)50)44(62)52-30-14-8-12-28(20-30)24-48/h7-22,40-41H,5-6,23-24H2,1-4H3,(H,51,61)(H,52,62)(H,53,63)(H,54,64). The van der Waals surface area contributed by atoms with Crippen LogP contribution in [0.25, 0.3) is 0 Å². The van der Waals surface area contributed by atoms with Gasteiger partial charge >= 0.3 is 0 Å². The molecule has 66 heavy (non-hydrogen) atoms. The summed E-state index contributed by atoms with van der Waals surface area (Å²) in [6.07, 6.45) is 0. The number of nitrogens with one attached hydrogen (secondary N) is 4. The molecule has 0 bridgehead atoms. The first-order valence-corrected chi connectivity index (χ1v) is 21.9. The van der Waals surface area contributed by atoms with Crippen molar-refractivity contribution in [3.8, 4) is 11.5 Å². The van der Waals surface area contributed by atoms with Gasteiger partial charge in [0.15, 0.2) is 11.6 Å². The van der Waals surface area contributed by atoms with Gasteiger partial charge in [-0.25, -0.2) is 0 Å². The van der Waals surface area contributed by atoms with Crippen LogP contribution in [-0.4, -0.2) is 60.5 Å². The van der Waals surface area contributed by atoms with Crippen LogP contribution in [-0.2, 0) is 30.9 Å². The van der Waals surface area contributed by atoms with Crippen LogP contribution < -0.4 is 30.7 Å². The van der Waals surface area contributed by atoms with Gasteiger partial charge in [0.2, 0.25) is 12.1 Å². The summed E-state index contributed by atoms with van der Waals surface area (Å²) in [7, 11) is 0. The number of nitrogens with zero attached hydrogens (tertiary/aromatic N) is 4. The Kier molecular flexibility index (Phi) is 18.3. The van der Waals surface area contributed by atoms with Crippen molar-refractivity contribution in [2.45, 2.75) is 51.5 Å². The van der Waals surface area contributed by atoms with E-state index in [-0.39, 0.29) is 80.4 Å². The molecule has 0 radical (unpaired) electrons. The number of benzene rings is 5. The number of ether oxygens (including phenoxy) is 2. The van der Waals surface area contributed by atoms with Gasteiger partial charge in [0.1, 0.15) is 28.6 Å². The summed E-state index contributed by atoms with van der Waals surface area (Å²) in [5.41, 5.74) is 2.79. The molecular weight excluding hydrogens is 934 g/mol. The molecule has 4 N–H and O–H groups in total. The largest absolute Gasteiger partial charge is 0.491 e. The maximum atomic E-state index is 13.7. The van der Waals surface area contributed by atoms with Gasteiger partial charge in [-0.15, -0.1) is 23.2 Å². The number of hydrogen-bond acceptors (Lipinski definition) is 12. The fraction of sp³-hybridized carbons (Fsp3) is 0.217. The molecule has 16 nitrogen and oxygen atoms in total. The summed E-state index contributed by atoms with van der Waals surface area (Å²) in [4.78, 5) is 79.2. The van der Waals surface area contributed by atoms with Gasteiger partial charge in [0.25, 0.3) is 23.6 Å². The first kappa shape index (κ1) is 50.3. The van der Waals surface area contributed by atoms with E-state index < -0.39 is 47.3 Å². The number of halogens is 4. The van der Waals surface area contributed by atoms with Gasteiger partial charge in [0, 0.05) is 41.0 Å². The molecule has 0 aliphatic rings. The molecular formula is C46H42Cl4N8O8. The van der Waals surface area contributed by atoms with Crippen LogP contribution in [0, 0.1) is 0 Å².